The van der Waals surface area contributed by atoms with Gasteiger partial charge in [0.1, 0.15) is 23.9 Å². The summed E-state index contributed by atoms with van der Waals surface area (Å²) in [5.41, 5.74) is 3.78. The van der Waals surface area contributed by atoms with E-state index in [0.717, 1.165) is 5.56 Å². The molecule has 0 saturated heterocycles. The minimum absolute atomic E-state index is 0.0135. The molecule has 0 fully saturated rings. The van der Waals surface area contributed by atoms with Crippen LogP contribution in [0.5, 0.6) is 11.5 Å². The number of nitrogens with one attached hydrogen (secondary N) is 1. The lowest BCUT2D eigenvalue weighted by Gasteiger charge is -2.15. The highest BCUT2D eigenvalue weighted by atomic mass is 19.4. The summed E-state index contributed by atoms with van der Waals surface area (Å²) >= 11 is 0. The van der Waals surface area contributed by atoms with Crippen LogP contribution >= 0.6 is 0 Å². The summed E-state index contributed by atoms with van der Waals surface area (Å²) in [7, 11) is 0. The number of amides is 1. The lowest BCUT2D eigenvalue weighted by molar-refractivity contribution is -0.274. The van der Waals surface area contributed by atoms with Gasteiger partial charge in [-0.15, -0.1) is 13.2 Å². The molecule has 6 nitrogen and oxygen atoms in total. The van der Waals surface area contributed by atoms with E-state index >= 15 is 0 Å². The molecule has 4 aromatic carbocycles. The van der Waals surface area contributed by atoms with E-state index in [1.165, 1.54) is 36.4 Å². The smallest absolute Gasteiger partial charge is 0.488 e. The number of rotatable bonds is 10. The molecule has 10 heteroatoms. The molecular weight excluding hydrogens is 530 g/mol. The first-order valence-electron chi connectivity index (χ1n) is 12.1. The van der Waals surface area contributed by atoms with Crippen molar-refractivity contribution in [3.63, 3.8) is 0 Å². The van der Waals surface area contributed by atoms with Crippen LogP contribution in [-0.2, 0) is 11.4 Å². The molecule has 0 aliphatic heterocycles. The number of benzene rings is 4. The minimum atomic E-state index is -4.79. The molecular formula is C30H23F4NO5. The number of alkyl halides is 3. The van der Waals surface area contributed by atoms with Crippen molar-refractivity contribution in [2.24, 2.45) is 0 Å². The van der Waals surface area contributed by atoms with E-state index in [2.05, 4.69) is 10.1 Å². The standard InChI is InChI=1S/C30H23F4NO5/c31-24-10-5-21(6-11-24)26-14-9-23(20-7-12-25(13-8-20)40-30(32,33)34)17-27(26)39-18-19-1-3-22(4-2-19)29(38)35-16-15-28(36)37/h1-14,17H,15-16,18H2,(H,35,38)(H,36,37). The Morgan fingerprint density at radius 2 is 1.43 bits per heavy atom. The lowest BCUT2D eigenvalue weighted by Crippen LogP contribution is -2.25. The van der Waals surface area contributed by atoms with E-state index in [1.807, 2.05) is 0 Å². The Hall–Kier alpha value is -4.86. The first kappa shape index (κ1) is 28.2. The second kappa shape index (κ2) is 12.3. The highest BCUT2D eigenvalue weighted by Crippen LogP contribution is 2.36. The largest absolute Gasteiger partial charge is 0.573 e. The van der Waals surface area contributed by atoms with E-state index in [0.29, 0.717) is 33.6 Å². The van der Waals surface area contributed by atoms with Crippen LogP contribution in [0.1, 0.15) is 22.3 Å². The van der Waals surface area contributed by atoms with E-state index in [-0.39, 0.29) is 25.3 Å². The Morgan fingerprint density at radius 3 is 2.05 bits per heavy atom. The highest BCUT2D eigenvalue weighted by molar-refractivity contribution is 5.94. The SMILES string of the molecule is O=C(O)CCNC(=O)c1ccc(COc2cc(-c3ccc(OC(F)(F)F)cc3)ccc2-c2ccc(F)cc2)cc1. The van der Waals surface area contributed by atoms with Gasteiger partial charge in [0.05, 0.1) is 6.42 Å². The van der Waals surface area contributed by atoms with Crippen LogP contribution in [0.15, 0.2) is 91.0 Å². The van der Waals surface area contributed by atoms with Gasteiger partial charge in [-0.3, -0.25) is 9.59 Å². The molecule has 4 rings (SSSR count). The predicted molar refractivity (Wildman–Crippen MR) is 139 cm³/mol. The monoisotopic (exact) mass is 553 g/mol. The molecule has 0 unspecified atom stereocenters. The fourth-order valence-corrected chi connectivity index (χ4v) is 3.84. The van der Waals surface area contributed by atoms with Gasteiger partial charge < -0.3 is 19.9 Å². The summed E-state index contributed by atoms with van der Waals surface area (Å²) in [6.07, 6.45) is -4.97. The average molecular weight is 554 g/mol. The fourth-order valence-electron chi connectivity index (χ4n) is 3.84. The zero-order valence-corrected chi connectivity index (χ0v) is 20.9. The second-order valence-corrected chi connectivity index (χ2v) is 8.68. The first-order chi connectivity index (χ1) is 19.1. The van der Waals surface area contributed by atoms with Gasteiger partial charge in [0.2, 0.25) is 0 Å². The number of ether oxygens (including phenoxy) is 2. The van der Waals surface area contributed by atoms with Gasteiger partial charge in [-0.25, -0.2) is 4.39 Å². The number of hydrogen-bond acceptors (Lipinski definition) is 4. The summed E-state index contributed by atoms with van der Waals surface area (Å²) in [5, 5.41) is 11.2. The zero-order chi connectivity index (χ0) is 28.7. The van der Waals surface area contributed by atoms with Crippen LogP contribution in [0.4, 0.5) is 17.6 Å². The van der Waals surface area contributed by atoms with Gasteiger partial charge in [0, 0.05) is 17.7 Å². The normalized spacial score (nSPS) is 11.1. The Balaban J connectivity index is 1.54. The van der Waals surface area contributed by atoms with E-state index < -0.39 is 24.1 Å². The molecule has 0 aromatic heterocycles. The van der Waals surface area contributed by atoms with Crippen molar-refractivity contribution in [1.82, 2.24) is 5.32 Å². The summed E-state index contributed by atoms with van der Waals surface area (Å²) in [6, 6.07) is 23.2. The molecule has 0 spiro atoms. The predicted octanol–water partition coefficient (Wildman–Crippen LogP) is 6.84. The zero-order valence-electron chi connectivity index (χ0n) is 20.9. The van der Waals surface area contributed by atoms with Gasteiger partial charge >= 0.3 is 12.3 Å². The third-order valence-electron chi connectivity index (χ3n) is 5.79. The van der Waals surface area contributed by atoms with Crippen LogP contribution in [0, 0.1) is 5.82 Å². The maximum atomic E-state index is 13.5. The number of halogens is 4. The molecule has 40 heavy (non-hydrogen) atoms. The number of carboxylic acids is 1. The molecule has 0 saturated carbocycles. The molecule has 4 aromatic rings. The van der Waals surface area contributed by atoms with Gasteiger partial charge in [-0.1, -0.05) is 48.5 Å². The van der Waals surface area contributed by atoms with Crippen molar-refractivity contribution in [2.75, 3.05) is 6.54 Å². The van der Waals surface area contributed by atoms with Gasteiger partial charge in [-0.2, -0.15) is 0 Å². The highest BCUT2D eigenvalue weighted by Gasteiger charge is 2.31. The lowest BCUT2D eigenvalue weighted by atomic mass is 9.99. The van der Waals surface area contributed by atoms with E-state index in [4.69, 9.17) is 9.84 Å². The van der Waals surface area contributed by atoms with E-state index in [1.54, 1.807) is 54.6 Å². The third kappa shape index (κ3) is 7.83. The molecule has 0 radical (unpaired) electrons. The Bertz CT molecular complexity index is 1470. The number of hydrogen-bond donors (Lipinski definition) is 2. The number of carboxylic acid groups (broad SMARTS) is 1. The maximum Gasteiger partial charge on any atom is 0.573 e. The molecule has 0 aliphatic rings. The molecule has 0 atom stereocenters. The third-order valence-corrected chi connectivity index (χ3v) is 5.79. The van der Waals surface area contributed by atoms with Crippen LogP contribution in [0.3, 0.4) is 0 Å². The topological polar surface area (TPSA) is 84.9 Å². The Morgan fingerprint density at radius 1 is 0.800 bits per heavy atom. The first-order valence-corrected chi connectivity index (χ1v) is 12.1. The summed E-state index contributed by atoms with van der Waals surface area (Å²) in [6.45, 7) is 0.135. The number of carbonyl (C=O) groups excluding carboxylic acids is 1. The van der Waals surface area contributed by atoms with Crippen LogP contribution in [-0.4, -0.2) is 29.9 Å². The maximum absolute atomic E-state index is 13.5. The van der Waals surface area contributed by atoms with Crippen molar-refractivity contribution >= 4 is 11.9 Å². The summed E-state index contributed by atoms with van der Waals surface area (Å²) in [5.74, 6) is -1.68. The number of carbonyl (C=O) groups is 2. The average Bonchev–Trinajstić information content (AvgIpc) is 2.92. The van der Waals surface area contributed by atoms with Crippen molar-refractivity contribution in [3.05, 3.63) is 108 Å². The Kier molecular flexibility index (Phi) is 8.68. The van der Waals surface area contributed by atoms with Crippen LogP contribution in [0.25, 0.3) is 22.3 Å². The molecule has 0 bridgehead atoms. The molecule has 2 N–H and O–H groups in total. The van der Waals surface area contributed by atoms with Crippen molar-refractivity contribution in [3.8, 4) is 33.8 Å². The van der Waals surface area contributed by atoms with Crippen LogP contribution in [0.2, 0.25) is 0 Å². The van der Waals surface area contributed by atoms with Crippen LogP contribution < -0.4 is 14.8 Å². The van der Waals surface area contributed by atoms with Gasteiger partial charge in [0.25, 0.3) is 5.91 Å². The fraction of sp³-hybridized carbons (Fsp3) is 0.133. The van der Waals surface area contributed by atoms with E-state index in [9.17, 15) is 27.2 Å². The Labute approximate surface area is 226 Å². The minimum Gasteiger partial charge on any atom is -0.488 e. The number of aliphatic carboxylic acids is 1. The van der Waals surface area contributed by atoms with Crippen molar-refractivity contribution in [2.45, 2.75) is 19.4 Å². The second-order valence-electron chi connectivity index (χ2n) is 8.68. The molecule has 0 aliphatic carbocycles. The quantitative estimate of drug-likeness (QED) is 0.210. The molecule has 206 valence electrons. The van der Waals surface area contributed by atoms with Gasteiger partial charge in [0.15, 0.2) is 0 Å². The van der Waals surface area contributed by atoms with Gasteiger partial charge in [-0.05, 0) is 64.7 Å². The molecule has 0 heterocycles. The van der Waals surface area contributed by atoms with Crippen molar-refractivity contribution in [1.29, 1.82) is 0 Å². The molecule has 1 amide bonds. The summed E-state index contributed by atoms with van der Waals surface area (Å²) < 4.78 is 61.1. The van der Waals surface area contributed by atoms with Crippen molar-refractivity contribution < 1.29 is 41.7 Å². The summed E-state index contributed by atoms with van der Waals surface area (Å²) in [4.78, 5) is 22.8.